The van der Waals surface area contributed by atoms with Crippen LogP contribution in [0.1, 0.15) is 5.56 Å². The minimum absolute atomic E-state index is 0.290. The lowest BCUT2D eigenvalue weighted by Gasteiger charge is -2.15. The molecule has 0 bridgehead atoms. The van der Waals surface area contributed by atoms with Crippen molar-refractivity contribution in [3.05, 3.63) is 17.7 Å². The summed E-state index contributed by atoms with van der Waals surface area (Å²) in [5, 5.41) is 2.97. The van der Waals surface area contributed by atoms with Gasteiger partial charge in [0.25, 0.3) is 0 Å². The van der Waals surface area contributed by atoms with E-state index >= 15 is 0 Å². The van der Waals surface area contributed by atoms with Gasteiger partial charge in [0.05, 0.1) is 33.4 Å². The van der Waals surface area contributed by atoms with Crippen LogP contribution >= 0.6 is 0 Å². The molecule has 17 heavy (non-hydrogen) atoms. The van der Waals surface area contributed by atoms with Crippen LogP contribution in [0.4, 0.5) is 0 Å². The number of rotatable bonds is 7. The summed E-state index contributed by atoms with van der Waals surface area (Å²) in [5.74, 6) is 2.00. The number of hydrogen-bond donors (Lipinski definition) is 1. The van der Waals surface area contributed by atoms with E-state index in [-0.39, 0.29) is 0 Å². The zero-order valence-electron chi connectivity index (χ0n) is 10.3. The average Bonchev–Trinajstić information content (AvgIpc) is 2.38. The maximum absolute atomic E-state index is 10.3. The molecule has 0 aliphatic carbocycles. The molecule has 0 aliphatic heterocycles. The van der Waals surface area contributed by atoms with Gasteiger partial charge in [0.1, 0.15) is 23.5 Å². The Morgan fingerprint density at radius 1 is 1.12 bits per heavy atom. The minimum Gasteiger partial charge on any atom is -0.496 e. The Hall–Kier alpha value is -1.75. The van der Waals surface area contributed by atoms with E-state index in [4.69, 9.17) is 14.2 Å². The molecule has 0 aliphatic rings. The summed E-state index contributed by atoms with van der Waals surface area (Å²) >= 11 is 0. The third-order valence-corrected chi connectivity index (χ3v) is 2.35. The van der Waals surface area contributed by atoms with Gasteiger partial charge in [0.2, 0.25) is 0 Å². The second-order valence-corrected chi connectivity index (χ2v) is 3.31. The van der Waals surface area contributed by atoms with Gasteiger partial charge in [-0.2, -0.15) is 0 Å². The van der Waals surface area contributed by atoms with Gasteiger partial charge in [-0.1, -0.05) is 0 Å². The Morgan fingerprint density at radius 2 is 1.71 bits per heavy atom. The van der Waals surface area contributed by atoms with Crippen LogP contribution in [0.3, 0.4) is 0 Å². The topological polar surface area (TPSA) is 56.8 Å². The van der Waals surface area contributed by atoms with Crippen molar-refractivity contribution in [2.75, 3.05) is 27.9 Å². The van der Waals surface area contributed by atoms with Crippen LogP contribution in [0.5, 0.6) is 17.2 Å². The van der Waals surface area contributed by atoms with Crippen LogP contribution in [-0.2, 0) is 11.3 Å². The fourth-order valence-corrected chi connectivity index (χ4v) is 1.51. The van der Waals surface area contributed by atoms with Crippen LogP contribution < -0.4 is 19.5 Å². The largest absolute Gasteiger partial charge is 0.496 e. The Bertz CT molecular complexity index is 354. The molecule has 0 spiro atoms. The van der Waals surface area contributed by atoms with Crippen molar-refractivity contribution in [1.82, 2.24) is 5.32 Å². The van der Waals surface area contributed by atoms with Crippen molar-refractivity contribution in [2.24, 2.45) is 0 Å². The van der Waals surface area contributed by atoms with Crippen LogP contribution in [0.15, 0.2) is 12.1 Å². The molecule has 0 fully saturated rings. The number of ether oxygens (including phenoxy) is 3. The predicted octanol–water partition coefficient (Wildman–Crippen LogP) is 1.00. The average molecular weight is 239 g/mol. The van der Waals surface area contributed by atoms with Crippen LogP contribution in [0.2, 0.25) is 0 Å². The summed E-state index contributed by atoms with van der Waals surface area (Å²) in [4.78, 5) is 10.3. The number of methoxy groups -OCH3 is 3. The number of nitrogens with one attached hydrogen (secondary N) is 1. The van der Waals surface area contributed by atoms with Gasteiger partial charge in [0.15, 0.2) is 0 Å². The lowest BCUT2D eigenvalue weighted by Crippen LogP contribution is -2.16. The van der Waals surface area contributed by atoms with E-state index in [1.54, 1.807) is 33.5 Å². The van der Waals surface area contributed by atoms with E-state index in [1.807, 2.05) is 0 Å². The monoisotopic (exact) mass is 239 g/mol. The Morgan fingerprint density at radius 3 is 2.12 bits per heavy atom. The summed E-state index contributed by atoms with van der Waals surface area (Å²) in [7, 11) is 4.74. The normalized spacial score (nSPS) is 9.82. The first-order valence-corrected chi connectivity index (χ1v) is 5.20. The van der Waals surface area contributed by atoms with E-state index < -0.39 is 0 Å². The highest BCUT2D eigenvalue weighted by Crippen LogP contribution is 2.33. The van der Waals surface area contributed by atoms with Crippen LogP contribution in [-0.4, -0.2) is 34.2 Å². The predicted molar refractivity (Wildman–Crippen MR) is 63.9 cm³/mol. The highest BCUT2D eigenvalue weighted by Gasteiger charge is 2.12. The molecule has 1 aromatic rings. The van der Waals surface area contributed by atoms with Gasteiger partial charge in [-0.15, -0.1) is 0 Å². The van der Waals surface area contributed by atoms with Crippen molar-refractivity contribution in [1.29, 1.82) is 0 Å². The molecule has 5 nitrogen and oxygen atoms in total. The molecule has 0 heterocycles. The Labute approximate surface area is 101 Å². The summed E-state index contributed by atoms with van der Waals surface area (Å²) < 4.78 is 15.7. The van der Waals surface area contributed by atoms with E-state index in [0.29, 0.717) is 30.3 Å². The smallest absolute Gasteiger partial charge is 0.133 e. The second-order valence-electron chi connectivity index (χ2n) is 3.31. The molecular weight excluding hydrogens is 222 g/mol. The van der Waals surface area contributed by atoms with Gasteiger partial charge in [-0.3, -0.25) is 0 Å². The van der Waals surface area contributed by atoms with Crippen molar-refractivity contribution < 1.29 is 19.0 Å². The number of carbonyl (C=O) groups excluding carboxylic acids is 1. The summed E-state index contributed by atoms with van der Waals surface area (Å²) in [6, 6.07) is 3.56. The summed E-state index contributed by atoms with van der Waals surface area (Å²) in [5.41, 5.74) is 0.859. The quantitative estimate of drug-likeness (QED) is 0.568. The number of benzene rings is 1. The molecular formula is C12H17NO4. The Balaban J connectivity index is 3.01. The van der Waals surface area contributed by atoms with Gasteiger partial charge >= 0.3 is 0 Å². The van der Waals surface area contributed by atoms with Gasteiger partial charge < -0.3 is 24.3 Å². The molecule has 0 unspecified atom stereocenters. The Kier molecular flexibility index (Phi) is 5.29. The molecule has 0 atom stereocenters. The molecule has 0 saturated heterocycles. The van der Waals surface area contributed by atoms with Crippen molar-refractivity contribution in [2.45, 2.75) is 6.54 Å². The molecule has 0 aromatic heterocycles. The first kappa shape index (κ1) is 13.3. The lowest BCUT2D eigenvalue weighted by atomic mass is 10.1. The molecule has 94 valence electrons. The van der Waals surface area contributed by atoms with Crippen molar-refractivity contribution in [3.63, 3.8) is 0 Å². The number of aldehydes is 1. The highest BCUT2D eigenvalue weighted by molar-refractivity contribution is 5.53. The second kappa shape index (κ2) is 6.75. The maximum Gasteiger partial charge on any atom is 0.133 e. The first-order chi connectivity index (χ1) is 8.26. The van der Waals surface area contributed by atoms with E-state index in [0.717, 1.165) is 11.8 Å². The lowest BCUT2D eigenvalue weighted by molar-refractivity contribution is -0.107. The van der Waals surface area contributed by atoms with Crippen molar-refractivity contribution >= 4 is 6.29 Å². The zero-order chi connectivity index (χ0) is 12.7. The molecule has 5 heteroatoms. The van der Waals surface area contributed by atoms with Crippen molar-refractivity contribution in [3.8, 4) is 17.2 Å². The van der Waals surface area contributed by atoms with Gasteiger partial charge in [-0.05, 0) is 0 Å². The third kappa shape index (κ3) is 3.35. The molecule has 0 saturated carbocycles. The van der Waals surface area contributed by atoms with Crippen LogP contribution in [0, 0.1) is 0 Å². The SMILES string of the molecule is COc1cc(OC)c(CNCC=O)c(OC)c1. The molecule has 1 rings (SSSR count). The van der Waals surface area contributed by atoms with Crippen LogP contribution in [0.25, 0.3) is 0 Å². The minimum atomic E-state index is 0.290. The first-order valence-electron chi connectivity index (χ1n) is 5.20. The fourth-order valence-electron chi connectivity index (χ4n) is 1.51. The van der Waals surface area contributed by atoms with Gasteiger partial charge in [-0.25, -0.2) is 0 Å². The standard InChI is InChI=1S/C12H17NO4/c1-15-9-6-11(16-2)10(8-13-4-5-14)12(7-9)17-3/h5-7,13H,4,8H2,1-3H3. The maximum atomic E-state index is 10.3. The highest BCUT2D eigenvalue weighted by atomic mass is 16.5. The van der Waals surface area contributed by atoms with Gasteiger partial charge in [0, 0.05) is 18.7 Å². The zero-order valence-corrected chi connectivity index (χ0v) is 10.3. The fraction of sp³-hybridized carbons (Fsp3) is 0.417. The molecule has 1 aromatic carbocycles. The molecule has 0 amide bonds. The summed E-state index contributed by atoms with van der Waals surface area (Å²) in [6.07, 6.45) is 0.808. The third-order valence-electron chi connectivity index (χ3n) is 2.35. The number of hydrogen-bond acceptors (Lipinski definition) is 5. The van der Waals surface area contributed by atoms with E-state index in [9.17, 15) is 4.79 Å². The van der Waals surface area contributed by atoms with E-state index in [1.165, 1.54) is 0 Å². The summed E-state index contributed by atoms with van der Waals surface area (Å²) in [6.45, 7) is 0.785. The molecule has 0 radical (unpaired) electrons. The van der Waals surface area contributed by atoms with E-state index in [2.05, 4.69) is 5.32 Å². The number of carbonyl (C=O) groups is 1. The molecule has 1 N–H and O–H groups in total.